The first-order chi connectivity index (χ1) is 9.32. The van der Waals surface area contributed by atoms with Gasteiger partial charge >= 0.3 is 18.3 Å². The van der Waals surface area contributed by atoms with E-state index in [1.807, 2.05) is 0 Å². The van der Waals surface area contributed by atoms with E-state index in [1.165, 1.54) is 0 Å². The molecular weight excluding hydrogens is 304 g/mol. The highest BCUT2D eigenvalue weighted by Crippen LogP contribution is 2.38. The summed E-state index contributed by atoms with van der Waals surface area (Å²) in [5.74, 6) is -1.60. The van der Waals surface area contributed by atoms with Gasteiger partial charge in [0.15, 0.2) is 0 Å². The van der Waals surface area contributed by atoms with Gasteiger partial charge in [0.1, 0.15) is 5.54 Å². The molecule has 1 unspecified atom stereocenters. The van der Waals surface area contributed by atoms with Crippen molar-refractivity contribution in [3.05, 3.63) is 34.9 Å². The molecule has 3 nitrogen and oxygen atoms in total. The first kappa shape index (κ1) is 17.3. The SMILES string of the molecule is CNC(C)(C(=O)O)c1cc(C(F)(F)F)cc(C(F)(F)F)c1. The van der Waals surface area contributed by atoms with E-state index in [9.17, 15) is 31.1 Å². The zero-order valence-electron chi connectivity index (χ0n) is 10.9. The molecule has 0 amide bonds. The van der Waals surface area contributed by atoms with E-state index in [4.69, 9.17) is 5.11 Å². The molecular formula is C12H11F6NO2. The van der Waals surface area contributed by atoms with Gasteiger partial charge in [-0.3, -0.25) is 0 Å². The zero-order chi connectivity index (χ0) is 16.6. The predicted molar refractivity (Wildman–Crippen MR) is 60.5 cm³/mol. The number of halogens is 6. The second-order valence-electron chi connectivity index (χ2n) is 4.47. The van der Waals surface area contributed by atoms with E-state index >= 15 is 0 Å². The van der Waals surface area contributed by atoms with Crippen LogP contribution in [0.3, 0.4) is 0 Å². The molecule has 0 heterocycles. The average Bonchev–Trinajstić information content (AvgIpc) is 2.34. The second kappa shape index (κ2) is 5.21. The fourth-order valence-corrected chi connectivity index (χ4v) is 1.62. The molecule has 0 aliphatic rings. The number of carboxylic acids is 1. The maximum Gasteiger partial charge on any atom is 0.416 e. The second-order valence-corrected chi connectivity index (χ2v) is 4.47. The van der Waals surface area contributed by atoms with Crippen LogP contribution in [-0.4, -0.2) is 18.1 Å². The summed E-state index contributed by atoms with van der Waals surface area (Å²) < 4.78 is 76.2. The minimum atomic E-state index is -5.02. The number of likely N-dealkylation sites (N-methyl/N-ethyl adjacent to an activating group) is 1. The normalized spacial score (nSPS) is 15.6. The third kappa shape index (κ3) is 3.46. The molecule has 9 heteroatoms. The molecule has 1 aromatic rings. The highest BCUT2D eigenvalue weighted by atomic mass is 19.4. The van der Waals surface area contributed by atoms with Crippen molar-refractivity contribution in [2.45, 2.75) is 24.8 Å². The number of aliphatic carboxylic acids is 1. The standard InChI is InChI=1S/C12H11F6NO2/c1-10(19-2,9(20)21)6-3-7(11(13,14)15)5-8(4-6)12(16,17)18/h3-5,19H,1-2H3,(H,20,21). The molecule has 0 aliphatic heterocycles. The highest BCUT2D eigenvalue weighted by molar-refractivity contribution is 5.80. The number of hydrogen-bond acceptors (Lipinski definition) is 2. The first-order valence-electron chi connectivity index (χ1n) is 5.54. The fourth-order valence-electron chi connectivity index (χ4n) is 1.62. The van der Waals surface area contributed by atoms with Crippen LogP contribution in [0.5, 0.6) is 0 Å². The zero-order valence-corrected chi connectivity index (χ0v) is 10.9. The Hall–Kier alpha value is -1.77. The van der Waals surface area contributed by atoms with E-state index < -0.39 is 40.6 Å². The molecule has 0 bridgehead atoms. The van der Waals surface area contributed by atoms with Gasteiger partial charge in [-0.2, -0.15) is 26.3 Å². The van der Waals surface area contributed by atoms with Crippen LogP contribution in [0.15, 0.2) is 18.2 Å². The summed E-state index contributed by atoms with van der Waals surface area (Å²) in [5.41, 5.74) is -5.84. The van der Waals surface area contributed by atoms with E-state index in [2.05, 4.69) is 5.32 Å². The number of benzene rings is 1. The Kier molecular flexibility index (Phi) is 4.29. The van der Waals surface area contributed by atoms with Crippen LogP contribution in [0, 0.1) is 0 Å². The van der Waals surface area contributed by atoms with Crippen LogP contribution in [0.2, 0.25) is 0 Å². The smallest absolute Gasteiger partial charge is 0.416 e. The molecule has 0 saturated carbocycles. The van der Waals surface area contributed by atoms with Crippen molar-refractivity contribution >= 4 is 5.97 Å². The van der Waals surface area contributed by atoms with Crippen molar-refractivity contribution in [3.8, 4) is 0 Å². The molecule has 0 saturated heterocycles. The predicted octanol–water partition coefficient (Wildman–Crippen LogP) is 3.24. The quantitative estimate of drug-likeness (QED) is 0.842. The molecule has 0 radical (unpaired) electrons. The molecule has 0 aliphatic carbocycles. The minimum Gasteiger partial charge on any atom is -0.480 e. The third-order valence-corrected chi connectivity index (χ3v) is 3.09. The maximum absolute atomic E-state index is 12.7. The van der Waals surface area contributed by atoms with Gasteiger partial charge in [-0.1, -0.05) is 0 Å². The van der Waals surface area contributed by atoms with Gasteiger partial charge in [-0.25, -0.2) is 4.79 Å². The van der Waals surface area contributed by atoms with E-state index in [-0.39, 0.29) is 6.07 Å². The fraction of sp³-hybridized carbons (Fsp3) is 0.417. The summed E-state index contributed by atoms with van der Waals surface area (Å²) in [6.07, 6.45) is -10.0. The monoisotopic (exact) mass is 315 g/mol. The lowest BCUT2D eigenvalue weighted by Gasteiger charge is -2.26. The maximum atomic E-state index is 12.7. The summed E-state index contributed by atoms with van der Waals surface area (Å²) in [4.78, 5) is 11.1. The van der Waals surface area contributed by atoms with Crippen molar-refractivity contribution in [2.75, 3.05) is 7.05 Å². The van der Waals surface area contributed by atoms with Crippen LogP contribution in [-0.2, 0) is 22.7 Å². The van der Waals surface area contributed by atoms with Gasteiger partial charge in [0.2, 0.25) is 0 Å². The topological polar surface area (TPSA) is 49.3 Å². The van der Waals surface area contributed by atoms with Crippen LogP contribution in [0.1, 0.15) is 23.6 Å². The summed E-state index contributed by atoms with van der Waals surface area (Å²) >= 11 is 0. The molecule has 0 fully saturated rings. The van der Waals surface area contributed by atoms with Crippen molar-refractivity contribution in [1.82, 2.24) is 5.32 Å². The van der Waals surface area contributed by atoms with E-state index in [0.717, 1.165) is 14.0 Å². The molecule has 2 N–H and O–H groups in total. The lowest BCUT2D eigenvalue weighted by molar-refractivity contribution is -0.147. The average molecular weight is 315 g/mol. The first-order valence-corrected chi connectivity index (χ1v) is 5.54. The van der Waals surface area contributed by atoms with Gasteiger partial charge in [0.05, 0.1) is 11.1 Å². The lowest BCUT2D eigenvalue weighted by Crippen LogP contribution is -2.44. The molecule has 0 aromatic heterocycles. The van der Waals surface area contributed by atoms with Gasteiger partial charge in [0.25, 0.3) is 0 Å². The largest absolute Gasteiger partial charge is 0.480 e. The Balaban J connectivity index is 3.64. The van der Waals surface area contributed by atoms with Crippen molar-refractivity contribution in [3.63, 3.8) is 0 Å². The van der Waals surface area contributed by atoms with Crippen LogP contribution >= 0.6 is 0 Å². The van der Waals surface area contributed by atoms with Crippen molar-refractivity contribution < 1.29 is 36.2 Å². The van der Waals surface area contributed by atoms with Crippen molar-refractivity contribution in [1.29, 1.82) is 0 Å². The number of carboxylic acid groups (broad SMARTS) is 1. The van der Waals surface area contributed by atoms with Gasteiger partial charge < -0.3 is 10.4 Å². The van der Waals surface area contributed by atoms with Crippen LogP contribution < -0.4 is 5.32 Å². The third-order valence-electron chi connectivity index (χ3n) is 3.09. The van der Waals surface area contributed by atoms with E-state index in [0.29, 0.717) is 12.1 Å². The number of hydrogen-bond donors (Lipinski definition) is 2. The summed E-state index contributed by atoms with van der Waals surface area (Å²) in [6, 6.07) is 0.723. The molecule has 0 spiro atoms. The molecule has 21 heavy (non-hydrogen) atoms. The van der Waals surface area contributed by atoms with Gasteiger partial charge in [-0.15, -0.1) is 0 Å². The number of alkyl halides is 6. The van der Waals surface area contributed by atoms with Crippen LogP contribution in [0.25, 0.3) is 0 Å². The molecule has 118 valence electrons. The Morgan fingerprint density at radius 3 is 1.52 bits per heavy atom. The molecule has 1 aromatic carbocycles. The molecule has 1 rings (SSSR count). The van der Waals surface area contributed by atoms with Gasteiger partial charge in [0, 0.05) is 0 Å². The minimum absolute atomic E-state index is 0.0541. The summed E-state index contributed by atoms with van der Waals surface area (Å²) in [6.45, 7) is 0.977. The van der Waals surface area contributed by atoms with Crippen LogP contribution in [0.4, 0.5) is 26.3 Å². The van der Waals surface area contributed by atoms with Crippen molar-refractivity contribution in [2.24, 2.45) is 0 Å². The Morgan fingerprint density at radius 1 is 0.952 bits per heavy atom. The highest BCUT2D eigenvalue weighted by Gasteiger charge is 2.41. The number of rotatable bonds is 3. The lowest BCUT2D eigenvalue weighted by atomic mass is 9.89. The van der Waals surface area contributed by atoms with Gasteiger partial charge in [-0.05, 0) is 37.7 Å². The summed E-state index contributed by atoms with van der Waals surface area (Å²) in [7, 11) is 1.13. The Labute approximate surface area is 115 Å². The number of nitrogens with one attached hydrogen (secondary N) is 1. The summed E-state index contributed by atoms with van der Waals surface area (Å²) in [5, 5.41) is 11.3. The number of carbonyl (C=O) groups is 1. The Bertz CT molecular complexity index is 519. The Morgan fingerprint density at radius 2 is 1.29 bits per heavy atom. The molecule has 1 atom stereocenters. The van der Waals surface area contributed by atoms with E-state index in [1.54, 1.807) is 0 Å².